The van der Waals surface area contributed by atoms with Gasteiger partial charge in [-0.25, -0.2) is 0 Å². The number of hydrogen-bond acceptors (Lipinski definition) is 2. The standard InChI is InChI=1S/C20H27N3/c1-11-8-17(20(21)22)9-12(2)18(11)19-13(3)7-16(15(19)5)10-14(4)23-6/h8-9,16,19,23H,3-5,7,10H2,1-2,6H3,(H3,21,22). The Hall–Kier alpha value is -2.29. The van der Waals surface area contributed by atoms with E-state index in [1.165, 1.54) is 16.7 Å². The van der Waals surface area contributed by atoms with Gasteiger partial charge >= 0.3 is 0 Å². The van der Waals surface area contributed by atoms with Gasteiger partial charge < -0.3 is 11.1 Å². The highest BCUT2D eigenvalue weighted by molar-refractivity contribution is 5.95. The Kier molecular flexibility index (Phi) is 4.79. The summed E-state index contributed by atoms with van der Waals surface area (Å²) in [4.78, 5) is 0. The monoisotopic (exact) mass is 309 g/mol. The number of aryl methyl sites for hydroxylation is 2. The molecule has 2 atom stereocenters. The van der Waals surface area contributed by atoms with Crippen LogP contribution < -0.4 is 11.1 Å². The molecule has 0 bridgehead atoms. The largest absolute Gasteiger partial charge is 0.392 e. The van der Waals surface area contributed by atoms with E-state index in [1.54, 1.807) is 0 Å². The van der Waals surface area contributed by atoms with E-state index in [0.717, 1.165) is 35.2 Å². The van der Waals surface area contributed by atoms with Crippen molar-refractivity contribution in [2.45, 2.75) is 32.6 Å². The van der Waals surface area contributed by atoms with Crippen LogP contribution in [0.2, 0.25) is 0 Å². The van der Waals surface area contributed by atoms with Crippen molar-refractivity contribution in [1.82, 2.24) is 5.32 Å². The fourth-order valence-electron chi connectivity index (χ4n) is 3.64. The van der Waals surface area contributed by atoms with Crippen molar-refractivity contribution in [2.75, 3.05) is 7.05 Å². The van der Waals surface area contributed by atoms with Gasteiger partial charge in [0.15, 0.2) is 0 Å². The Labute approximate surface area is 139 Å². The predicted molar refractivity (Wildman–Crippen MR) is 98.9 cm³/mol. The first-order valence-electron chi connectivity index (χ1n) is 7.93. The zero-order valence-corrected chi connectivity index (χ0v) is 14.4. The smallest absolute Gasteiger partial charge is 0.122 e. The van der Waals surface area contributed by atoms with Gasteiger partial charge in [-0.2, -0.15) is 0 Å². The molecule has 0 heterocycles. The van der Waals surface area contributed by atoms with E-state index < -0.39 is 0 Å². The maximum absolute atomic E-state index is 7.64. The van der Waals surface area contributed by atoms with Gasteiger partial charge in [0.05, 0.1) is 0 Å². The number of hydrogen-bond donors (Lipinski definition) is 3. The number of nitrogens with two attached hydrogens (primary N) is 1. The highest BCUT2D eigenvalue weighted by Gasteiger charge is 2.34. The lowest BCUT2D eigenvalue weighted by Crippen LogP contribution is -2.14. The summed E-state index contributed by atoms with van der Waals surface area (Å²) in [7, 11) is 1.90. The van der Waals surface area contributed by atoms with Crippen molar-refractivity contribution in [2.24, 2.45) is 11.7 Å². The fraction of sp³-hybridized carbons (Fsp3) is 0.350. The maximum atomic E-state index is 7.64. The van der Waals surface area contributed by atoms with E-state index in [4.69, 9.17) is 11.1 Å². The lowest BCUT2D eigenvalue weighted by atomic mass is 9.83. The van der Waals surface area contributed by atoms with E-state index in [2.05, 4.69) is 38.9 Å². The maximum Gasteiger partial charge on any atom is 0.122 e. The molecule has 0 radical (unpaired) electrons. The quantitative estimate of drug-likeness (QED) is 0.438. The summed E-state index contributed by atoms with van der Waals surface area (Å²) in [5.74, 6) is 0.680. The lowest BCUT2D eigenvalue weighted by Gasteiger charge is -2.22. The summed E-state index contributed by atoms with van der Waals surface area (Å²) in [6, 6.07) is 3.98. The molecule has 4 N–H and O–H groups in total. The zero-order valence-electron chi connectivity index (χ0n) is 14.4. The Morgan fingerprint density at radius 2 is 1.87 bits per heavy atom. The van der Waals surface area contributed by atoms with Gasteiger partial charge in [-0.1, -0.05) is 30.9 Å². The van der Waals surface area contributed by atoms with Crippen molar-refractivity contribution in [1.29, 1.82) is 5.41 Å². The van der Waals surface area contributed by atoms with E-state index in [-0.39, 0.29) is 11.8 Å². The molecule has 1 saturated carbocycles. The molecule has 0 amide bonds. The van der Waals surface area contributed by atoms with Crippen LogP contribution in [-0.2, 0) is 0 Å². The molecule has 2 rings (SSSR count). The first kappa shape index (κ1) is 17.1. The second kappa shape index (κ2) is 6.45. The minimum absolute atomic E-state index is 0.107. The molecule has 0 aliphatic heterocycles. The Morgan fingerprint density at radius 3 is 2.35 bits per heavy atom. The first-order chi connectivity index (χ1) is 10.8. The zero-order chi connectivity index (χ0) is 17.3. The highest BCUT2D eigenvalue weighted by atomic mass is 14.8. The Balaban J connectivity index is 2.39. The number of benzene rings is 1. The molecule has 122 valence electrons. The molecule has 1 aromatic carbocycles. The summed E-state index contributed by atoms with van der Waals surface area (Å²) in [6.45, 7) is 16.9. The SMILES string of the molecule is C=C(CC1CC(=C)C(c2c(C)cc(C(=N)N)cc2C)C1=C)NC. The average Bonchev–Trinajstić information content (AvgIpc) is 2.73. The summed E-state index contributed by atoms with van der Waals surface area (Å²) < 4.78 is 0. The molecule has 0 saturated heterocycles. The Morgan fingerprint density at radius 1 is 1.30 bits per heavy atom. The van der Waals surface area contributed by atoms with Crippen LogP contribution in [0.15, 0.2) is 48.7 Å². The molecule has 1 aliphatic rings. The minimum atomic E-state index is 0.107. The van der Waals surface area contributed by atoms with Crippen LogP contribution >= 0.6 is 0 Å². The van der Waals surface area contributed by atoms with Crippen LogP contribution in [-0.4, -0.2) is 12.9 Å². The molecule has 23 heavy (non-hydrogen) atoms. The van der Waals surface area contributed by atoms with Crippen molar-refractivity contribution in [3.63, 3.8) is 0 Å². The van der Waals surface area contributed by atoms with Crippen LogP contribution in [0.5, 0.6) is 0 Å². The third-order valence-electron chi connectivity index (χ3n) is 4.85. The van der Waals surface area contributed by atoms with E-state index in [0.29, 0.717) is 5.92 Å². The third kappa shape index (κ3) is 3.24. The fourth-order valence-corrected chi connectivity index (χ4v) is 3.64. The van der Waals surface area contributed by atoms with Crippen molar-refractivity contribution >= 4 is 5.84 Å². The molecule has 0 aromatic heterocycles. The summed E-state index contributed by atoms with van der Waals surface area (Å²) in [5.41, 5.74) is 13.4. The van der Waals surface area contributed by atoms with Crippen LogP contribution in [0, 0.1) is 25.2 Å². The number of rotatable bonds is 5. The van der Waals surface area contributed by atoms with Crippen molar-refractivity contribution in [3.8, 4) is 0 Å². The van der Waals surface area contributed by atoms with Gasteiger partial charge in [-0.05, 0) is 61.4 Å². The molecule has 2 unspecified atom stereocenters. The second-order valence-corrected chi connectivity index (χ2v) is 6.56. The number of nitrogen functional groups attached to an aromatic ring is 1. The lowest BCUT2D eigenvalue weighted by molar-refractivity contribution is 0.625. The van der Waals surface area contributed by atoms with Crippen LogP contribution in [0.3, 0.4) is 0 Å². The van der Waals surface area contributed by atoms with Gasteiger partial charge in [0.2, 0.25) is 0 Å². The summed E-state index contributed by atoms with van der Waals surface area (Å²) in [6.07, 6.45) is 1.85. The second-order valence-electron chi connectivity index (χ2n) is 6.56. The highest BCUT2D eigenvalue weighted by Crippen LogP contribution is 2.49. The molecule has 1 aliphatic carbocycles. The van der Waals surface area contributed by atoms with Gasteiger partial charge in [0, 0.05) is 24.2 Å². The Bertz CT molecular complexity index is 674. The first-order valence-corrected chi connectivity index (χ1v) is 7.93. The topological polar surface area (TPSA) is 61.9 Å². The summed E-state index contributed by atoms with van der Waals surface area (Å²) >= 11 is 0. The van der Waals surface area contributed by atoms with E-state index in [9.17, 15) is 0 Å². The number of amidine groups is 1. The van der Waals surface area contributed by atoms with E-state index in [1.807, 2.05) is 19.2 Å². The summed E-state index contributed by atoms with van der Waals surface area (Å²) in [5, 5.41) is 10.8. The number of nitrogens with one attached hydrogen (secondary N) is 2. The van der Waals surface area contributed by atoms with Crippen LogP contribution in [0.25, 0.3) is 0 Å². The van der Waals surface area contributed by atoms with Crippen LogP contribution in [0.4, 0.5) is 0 Å². The molecule has 3 heteroatoms. The molecule has 3 nitrogen and oxygen atoms in total. The number of allylic oxidation sites excluding steroid dienone is 3. The van der Waals surface area contributed by atoms with Crippen molar-refractivity contribution in [3.05, 3.63) is 71.0 Å². The molecular formula is C20H27N3. The normalized spacial score (nSPS) is 20.7. The van der Waals surface area contributed by atoms with Gasteiger partial charge in [0.1, 0.15) is 5.84 Å². The van der Waals surface area contributed by atoms with Crippen LogP contribution in [0.1, 0.15) is 41.0 Å². The average molecular weight is 309 g/mol. The van der Waals surface area contributed by atoms with Gasteiger partial charge in [-0.15, -0.1) is 0 Å². The molecule has 1 fully saturated rings. The minimum Gasteiger partial charge on any atom is -0.392 e. The van der Waals surface area contributed by atoms with Gasteiger partial charge in [-0.3, -0.25) is 5.41 Å². The third-order valence-corrected chi connectivity index (χ3v) is 4.85. The van der Waals surface area contributed by atoms with Gasteiger partial charge in [0.25, 0.3) is 0 Å². The van der Waals surface area contributed by atoms with Crippen molar-refractivity contribution < 1.29 is 0 Å². The van der Waals surface area contributed by atoms with E-state index >= 15 is 0 Å². The predicted octanol–water partition coefficient (Wildman–Crippen LogP) is 3.93. The molecule has 1 aromatic rings. The molecular weight excluding hydrogens is 282 g/mol. The molecule has 0 spiro atoms.